The first-order valence-corrected chi connectivity index (χ1v) is 8.21. The fourth-order valence-electron chi connectivity index (χ4n) is 2.42. The van der Waals surface area contributed by atoms with Gasteiger partial charge in [-0.3, -0.25) is 9.59 Å². The van der Waals surface area contributed by atoms with Gasteiger partial charge in [-0.05, 0) is 29.8 Å². The van der Waals surface area contributed by atoms with Crippen molar-refractivity contribution < 1.29 is 14.3 Å². The van der Waals surface area contributed by atoms with Gasteiger partial charge in [-0.25, -0.2) is 4.68 Å². The van der Waals surface area contributed by atoms with Gasteiger partial charge >= 0.3 is 5.97 Å². The predicted octanol–water partition coefficient (Wildman–Crippen LogP) is 3.49. The molecule has 3 rings (SSSR count). The number of nitrogens with zero attached hydrogens (tertiary/aromatic N) is 2. The lowest BCUT2D eigenvalue weighted by atomic mass is 10.1. The van der Waals surface area contributed by atoms with Crippen molar-refractivity contribution in [3.05, 3.63) is 77.1 Å². The summed E-state index contributed by atoms with van der Waals surface area (Å²) in [5, 5.41) is 7.59. The van der Waals surface area contributed by atoms with E-state index in [4.69, 9.17) is 11.6 Å². The standard InChI is InChI=1S/C19H16ClN3O3/c1-26-18(24)9-13-5-2-3-8-17(13)22-19(25)14-11-21-23(12-14)16-7-4-6-15(20)10-16/h2-8,10-12H,9H2,1H3,(H,22,25). The van der Waals surface area contributed by atoms with Crippen molar-refractivity contribution in [3.8, 4) is 5.69 Å². The van der Waals surface area contributed by atoms with Crippen LogP contribution in [0, 0.1) is 0 Å². The van der Waals surface area contributed by atoms with Crippen LogP contribution in [0.25, 0.3) is 5.69 Å². The number of aromatic nitrogens is 2. The smallest absolute Gasteiger partial charge is 0.310 e. The van der Waals surface area contributed by atoms with Gasteiger partial charge in [0.15, 0.2) is 0 Å². The van der Waals surface area contributed by atoms with Crippen molar-refractivity contribution in [2.45, 2.75) is 6.42 Å². The molecule has 132 valence electrons. The minimum absolute atomic E-state index is 0.0781. The molecular formula is C19H16ClN3O3. The van der Waals surface area contributed by atoms with Gasteiger partial charge in [0.05, 0.1) is 31.0 Å². The third kappa shape index (κ3) is 4.10. The largest absolute Gasteiger partial charge is 0.469 e. The fraction of sp³-hybridized carbons (Fsp3) is 0.105. The number of nitrogens with one attached hydrogen (secondary N) is 1. The molecule has 0 spiro atoms. The van der Waals surface area contributed by atoms with Crippen LogP contribution in [0.3, 0.4) is 0 Å². The number of ether oxygens (including phenoxy) is 1. The summed E-state index contributed by atoms with van der Waals surface area (Å²) in [5.74, 6) is -0.698. The molecule has 0 saturated heterocycles. The summed E-state index contributed by atoms with van der Waals surface area (Å²) < 4.78 is 6.26. The van der Waals surface area contributed by atoms with Crippen LogP contribution in [0.1, 0.15) is 15.9 Å². The third-order valence-corrected chi connectivity index (χ3v) is 3.98. The molecule has 0 aliphatic rings. The number of hydrogen-bond acceptors (Lipinski definition) is 4. The van der Waals surface area contributed by atoms with Crippen molar-refractivity contribution in [2.24, 2.45) is 0 Å². The summed E-state index contributed by atoms with van der Waals surface area (Å²) in [6.45, 7) is 0. The molecule has 0 aliphatic carbocycles. The van der Waals surface area contributed by atoms with Crippen LogP contribution in [-0.4, -0.2) is 28.8 Å². The normalized spacial score (nSPS) is 10.4. The summed E-state index contributed by atoms with van der Waals surface area (Å²) in [5.41, 5.74) is 2.37. The van der Waals surface area contributed by atoms with E-state index in [1.165, 1.54) is 13.3 Å². The zero-order valence-corrected chi connectivity index (χ0v) is 14.7. The molecule has 0 fully saturated rings. The number of para-hydroxylation sites is 1. The number of rotatable bonds is 5. The van der Waals surface area contributed by atoms with E-state index in [2.05, 4.69) is 15.2 Å². The molecule has 1 heterocycles. The molecule has 0 bridgehead atoms. The van der Waals surface area contributed by atoms with E-state index >= 15 is 0 Å². The zero-order valence-electron chi connectivity index (χ0n) is 14.0. The highest BCUT2D eigenvalue weighted by Gasteiger charge is 2.13. The maximum absolute atomic E-state index is 12.5. The molecular weight excluding hydrogens is 354 g/mol. The summed E-state index contributed by atoms with van der Waals surface area (Å²) >= 11 is 5.98. The maximum Gasteiger partial charge on any atom is 0.310 e. The number of methoxy groups -OCH3 is 1. The van der Waals surface area contributed by atoms with Gasteiger partial charge in [0, 0.05) is 16.9 Å². The number of esters is 1. The molecule has 1 N–H and O–H groups in total. The predicted molar refractivity (Wildman–Crippen MR) is 98.7 cm³/mol. The summed E-state index contributed by atoms with van der Waals surface area (Å²) in [6, 6.07) is 14.2. The SMILES string of the molecule is COC(=O)Cc1ccccc1NC(=O)c1cnn(-c2cccc(Cl)c2)c1. The second kappa shape index (κ2) is 7.84. The molecule has 0 unspecified atom stereocenters. The van der Waals surface area contributed by atoms with Gasteiger partial charge in [-0.1, -0.05) is 35.9 Å². The van der Waals surface area contributed by atoms with Crippen LogP contribution in [0.15, 0.2) is 60.9 Å². The maximum atomic E-state index is 12.5. The van der Waals surface area contributed by atoms with Crippen LogP contribution in [0.2, 0.25) is 5.02 Å². The van der Waals surface area contributed by atoms with E-state index in [9.17, 15) is 9.59 Å². The lowest BCUT2D eigenvalue weighted by Gasteiger charge is -2.09. The molecule has 3 aromatic rings. The first kappa shape index (κ1) is 17.7. The van der Waals surface area contributed by atoms with E-state index in [1.807, 2.05) is 12.1 Å². The Balaban J connectivity index is 1.78. The topological polar surface area (TPSA) is 73.2 Å². The number of carbonyl (C=O) groups excluding carboxylic acids is 2. The van der Waals surface area contributed by atoms with Crippen LogP contribution in [-0.2, 0) is 16.0 Å². The highest BCUT2D eigenvalue weighted by molar-refractivity contribution is 6.30. The number of carbonyl (C=O) groups is 2. The third-order valence-electron chi connectivity index (χ3n) is 3.75. The van der Waals surface area contributed by atoms with E-state index in [0.29, 0.717) is 21.8 Å². The van der Waals surface area contributed by atoms with Gasteiger partial charge in [0.1, 0.15) is 0 Å². The van der Waals surface area contributed by atoms with Crippen LogP contribution < -0.4 is 5.32 Å². The molecule has 26 heavy (non-hydrogen) atoms. The first-order valence-electron chi connectivity index (χ1n) is 7.83. The molecule has 6 nitrogen and oxygen atoms in total. The Labute approximate surface area is 155 Å². The van der Waals surface area contributed by atoms with Crippen molar-refractivity contribution in [1.82, 2.24) is 9.78 Å². The van der Waals surface area contributed by atoms with Gasteiger partial charge in [0.2, 0.25) is 0 Å². The minimum Gasteiger partial charge on any atom is -0.469 e. The Bertz CT molecular complexity index is 952. The van der Waals surface area contributed by atoms with Crippen molar-refractivity contribution in [3.63, 3.8) is 0 Å². The first-order chi connectivity index (χ1) is 12.6. The number of hydrogen-bond donors (Lipinski definition) is 1. The molecule has 0 atom stereocenters. The van der Waals surface area contributed by atoms with Gasteiger partial charge in [-0.15, -0.1) is 0 Å². The molecule has 0 radical (unpaired) electrons. The molecule has 1 aromatic heterocycles. The van der Waals surface area contributed by atoms with Crippen LogP contribution >= 0.6 is 11.6 Å². The Morgan fingerprint density at radius 3 is 2.77 bits per heavy atom. The van der Waals surface area contributed by atoms with E-state index in [1.54, 1.807) is 47.3 Å². The van der Waals surface area contributed by atoms with Crippen molar-refractivity contribution in [2.75, 3.05) is 12.4 Å². The quantitative estimate of drug-likeness (QED) is 0.699. The Hall–Kier alpha value is -3.12. The lowest BCUT2D eigenvalue weighted by Crippen LogP contribution is -2.14. The highest BCUT2D eigenvalue weighted by atomic mass is 35.5. The minimum atomic E-state index is -0.375. The Morgan fingerprint density at radius 1 is 1.19 bits per heavy atom. The molecule has 2 aromatic carbocycles. The highest BCUT2D eigenvalue weighted by Crippen LogP contribution is 2.18. The molecule has 1 amide bonds. The monoisotopic (exact) mass is 369 g/mol. The molecule has 7 heteroatoms. The lowest BCUT2D eigenvalue weighted by molar-refractivity contribution is -0.139. The summed E-state index contributed by atoms with van der Waals surface area (Å²) in [4.78, 5) is 24.0. The van der Waals surface area contributed by atoms with Crippen molar-refractivity contribution in [1.29, 1.82) is 0 Å². The second-order valence-electron chi connectivity index (χ2n) is 5.52. The van der Waals surface area contributed by atoms with Crippen LogP contribution in [0.4, 0.5) is 5.69 Å². The number of anilines is 1. The van der Waals surface area contributed by atoms with E-state index in [0.717, 1.165) is 5.69 Å². The number of amides is 1. The summed E-state index contributed by atoms with van der Waals surface area (Å²) in [7, 11) is 1.33. The average molecular weight is 370 g/mol. The Morgan fingerprint density at radius 2 is 2.00 bits per heavy atom. The van der Waals surface area contributed by atoms with Gasteiger partial charge < -0.3 is 10.1 Å². The molecule has 0 aliphatic heterocycles. The Kier molecular flexibility index (Phi) is 5.34. The summed E-state index contributed by atoms with van der Waals surface area (Å²) in [6.07, 6.45) is 3.16. The average Bonchev–Trinajstić information content (AvgIpc) is 3.13. The van der Waals surface area contributed by atoms with E-state index < -0.39 is 0 Å². The van der Waals surface area contributed by atoms with Crippen LogP contribution in [0.5, 0.6) is 0 Å². The number of benzene rings is 2. The van der Waals surface area contributed by atoms with Gasteiger partial charge in [-0.2, -0.15) is 5.10 Å². The zero-order chi connectivity index (χ0) is 18.5. The fourth-order valence-corrected chi connectivity index (χ4v) is 2.60. The van der Waals surface area contributed by atoms with Crippen molar-refractivity contribution >= 4 is 29.2 Å². The van der Waals surface area contributed by atoms with E-state index in [-0.39, 0.29) is 18.3 Å². The second-order valence-corrected chi connectivity index (χ2v) is 5.95. The molecule has 0 saturated carbocycles. The van der Waals surface area contributed by atoms with Gasteiger partial charge in [0.25, 0.3) is 5.91 Å². The number of halogens is 1.